The zero-order valence-corrected chi connectivity index (χ0v) is 10.2. The third kappa shape index (κ3) is 1.47. The smallest absolute Gasteiger partial charge is 0.194 e. The molecule has 2 aliphatic carbocycles. The van der Waals surface area contributed by atoms with Crippen molar-refractivity contribution in [1.82, 2.24) is 0 Å². The van der Waals surface area contributed by atoms with E-state index in [1.807, 2.05) is 0 Å². The summed E-state index contributed by atoms with van der Waals surface area (Å²) in [5.74, 6) is -1.34. The summed E-state index contributed by atoms with van der Waals surface area (Å²) in [4.78, 5) is 24.1. The number of benzene rings is 1. The molecule has 0 bridgehead atoms. The normalized spacial score (nSPS) is 23.6. The standard InChI is InChI=1S/C15H10O5/c16-6-10-11(17)5-9-12(15(10)20)14(19)8-4-2-1-3-7(8)13(9)18/h1-6,15-16,19-20H. The minimum atomic E-state index is -1.52. The summed E-state index contributed by atoms with van der Waals surface area (Å²) in [7, 11) is 0. The molecule has 0 heterocycles. The van der Waals surface area contributed by atoms with E-state index in [9.17, 15) is 19.8 Å². The van der Waals surface area contributed by atoms with Crippen molar-refractivity contribution in [3.05, 3.63) is 64.4 Å². The maximum atomic E-state index is 12.3. The summed E-state index contributed by atoms with van der Waals surface area (Å²) in [6.45, 7) is 0. The lowest BCUT2D eigenvalue weighted by Gasteiger charge is -2.28. The fourth-order valence-corrected chi connectivity index (χ4v) is 2.49. The average Bonchev–Trinajstić information content (AvgIpc) is 2.45. The molecule has 100 valence electrons. The molecule has 3 rings (SSSR count). The molecule has 3 N–H and O–H groups in total. The fraction of sp³-hybridized carbons (Fsp3) is 0.0667. The van der Waals surface area contributed by atoms with Gasteiger partial charge in [-0.1, -0.05) is 24.3 Å². The molecular formula is C15H10O5. The van der Waals surface area contributed by atoms with Crippen molar-refractivity contribution < 1.29 is 24.9 Å². The first-order valence-corrected chi connectivity index (χ1v) is 5.92. The molecule has 1 atom stereocenters. The van der Waals surface area contributed by atoms with E-state index < -0.39 is 17.7 Å². The second kappa shape index (κ2) is 4.18. The van der Waals surface area contributed by atoms with E-state index in [1.165, 1.54) is 0 Å². The molecular weight excluding hydrogens is 260 g/mol. The van der Waals surface area contributed by atoms with Gasteiger partial charge in [0.1, 0.15) is 11.9 Å². The number of hydrogen-bond acceptors (Lipinski definition) is 5. The van der Waals surface area contributed by atoms with E-state index in [2.05, 4.69) is 0 Å². The van der Waals surface area contributed by atoms with Crippen molar-refractivity contribution in [1.29, 1.82) is 0 Å². The predicted octanol–water partition coefficient (Wildman–Crippen LogP) is 1.46. The van der Waals surface area contributed by atoms with Gasteiger partial charge in [-0.25, -0.2) is 0 Å². The zero-order chi connectivity index (χ0) is 14.4. The number of rotatable bonds is 0. The van der Waals surface area contributed by atoms with E-state index in [0.717, 1.165) is 6.08 Å². The molecule has 0 spiro atoms. The Labute approximate surface area is 113 Å². The lowest BCUT2D eigenvalue weighted by molar-refractivity contribution is -0.112. The molecule has 0 amide bonds. The number of fused-ring (bicyclic) bond motifs is 2. The highest BCUT2D eigenvalue weighted by Gasteiger charge is 2.39. The summed E-state index contributed by atoms with van der Waals surface area (Å²) >= 11 is 0. The average molecular weight is 270 g/mol. The number of aliphatic hydroxyl groups is 3. The molecule has 0 fully saturated rings. The monoisotopic (exact) mass is 270 g/mol. The summed E-state index contributed by atoms with van der Waals surface area (Å²) in [6, 6.07) is 6.40. The first-order chi connectivity index (χ1) is 9.56. The number of Topliss-reactive ketones (excluding diaryl/α,β-unsaturated/α-hetero) is 1. The van der Waals surface area contributed by atoms with Crippen LogP contribution in [0.3, 0.4) is 0 Å². The number of aliphatic hydroxyl groups excluding tert-OH is 3. The van der Waals surface area contributed by atoms with Gasteiger partial charge in [0.05, 0.1) is 11.8 Å². The van der Waals surface area contributed by atoms with Crippen LogP contribution in [0.5, 0.6) is 0 Å². The van der Waals surface area contributed by atoms with Crippen molar-refractivity contribution in [3.63, 3.8) is 0 Å². The van der Waals surface area contributed by atoms with Crippen molar-refractivity contribution in [2.24, 2.45) is 0 Å². The molecule has 0 radical (unpaired) electrons. The SMILES string of the molecule is O=C1C=C2C(=O)c3ccccc3C(O)=C2C(O)C1=CO. The highest BCUT2D eigenvalue weighted by molar-refractivity contribution is 6.23. The van der Waals surface area contributed by atoms with E-state index in [0.29, 0.717) is 11.8 Å². The topological polar surface area (TPSA) is 94.8 Å². The Morgan fingerprint density at radius 3 is 2.40 bits per heavy atom. The summed E-state index contributed by atoms with van der Waals surface area (Å²) in [5.41, 5.74) is 0.215. The molecule has 0 aliphatic heterocycles. The minimum Gasteiger partial charge on any atom is -0.515 e. The zero-order valence-electron chi connectivity index (χ0n) is 10.2. The summed E-state index contributed by atoms with van der Waals surface area (Å²) < 4.78 is 0. The Balaban J connectivity index is 2.35. The van der Waals surface area contributed by atoms with Crippen LogP contribution in [-0.4, -0.2) is 33.0 Å². The minimum absolute atomic E-state index is 0.0377. The van der Waals surface area contributed by atoms with Crippen LogP contribution in [-0.2, 0) is 4.79 Å². The van der Waals surface area contributed by atoms with Crippen LogP contribution in [0, 0.1) is 0 Å². The first kappa shape index (κ1) is 12.4. The van der Waals surface area contributed by atoms with E-state index in [1.54, 1.807) is 24.3 Å². The molecule has 20 heavy (non-hydrogen) atoms. The molecule has 0 aromatic heterocycles. The highest BCUT2D eigenvalue weighted by atomic mass is 16.3. The van der Waals surface area contributed by atoms with Gasteiger partial charge in [0.15, 0.2) is 11.6 Å². The summed E-state index contributed by atoms with van der Waals surface area (Å²) in [6.07, 6.45) is -0.00533. The Morgan fingerprint density at radius 2 is 1.75 bits per heavy atom. The van der Waals surface area contributed by atoms with Gasteiger partial charge in [-0.15, -0.1) is 0 Å². The first-order valence-electron chi connectivity index (χ1n) is 5.92. The van der Waals surface area contributed by atoms with Crippen LogP contribution < -0.4 is 0 Å². The van der Waals surface area contributed by atoms with Crippen molar-refractivity contribution in [2.75, 3.05) is 0 Å². The molecule has 5 nitrogen and oxygen atoms in total. The van der Waals surface area contributed by atoms with Gasteiger partial charge in [0.2, 0.25) is 0 Å². The maximum absolute atomic E-state index is 12.3. The third-order valence-corrected chi connectivity index (χ3v) is 3.48. The van der Waals surface area contributed by atoms with Crippen LogP contribution in [0.1, 0.15) is 15.9 Å². The van der Waals surface area contributed by atoms with Gasteiger partial charge in [-0.05, 0) is 6.08 Å². The van der Waals surface area contributed by atoms with Crippen LogP contribution in [0.2, 0.25) is 0 Å². The van der Waals surface area contributed by atoms with Crippen LogP contribution in [0.15, 0.2) is 53.3 Å². The largest absolute Gasteiger partial charge is 0.515 e. The number of ketones is 2. The molecule has 2 aliphatic rings. The van der Waals surface area contributed by atoms with Gasteiger partial charge in [-0.2, -0.15) is 0 Å². The van der Waals surface area contributed by atoms with Crippen molar-refractivity contribution in [2.45, 2.75) is 6.10 Å². The summed E-state index contributed by atoms with van der Waals surface area (Å²) in [5, 5.41) is 29.3. The van der Waals surface area contributed by atoms with E-state index in [-0.39, 0.29) is 28.0 Å². The molecule has 0 saturated heterocycles. The Hall–Kier alpha value is -2.66. The van der Waals surface area contributed by atoms with Crippen LogP contribution in [0.4, 0.5) is 0 Å². The molecule has 5 heteroatoms. The van der Waals surface area contributed by atoms with Crippen molar-refractivity contribution in [3.8, 4) is 0 Å². The van der Waals surface area contributed by atoms with E-state index in [4.69, 9.17) is 5.11 Å². The fourth-order valence-electron chi connectivity index (χ4n) is 2.49. The Bertz CT molecular complexity index is 736. The highest BCUT2D eigenvalue weighted by Crippen LogP contribution is 2.39. The quantitative estimate of drug-likeness (QED) is 0.490. The van der Waals surface area contributed by atoms with Crippen LogP contribution in [0.25, 0.3) is 5.76 Å². The lowest BCUT2D eigenvalue weighted by atomic mass is 9.77. The predicted molar refractivity (Wildman–Crippen MR) is 70.1 cm³/mol. The third-order valence-electron chi connectivity index (χ3n) is 3.48. The van der Waals surface area contributed by atoms with Gasteiger partial charge in [-0.3, -0.25) is 9.59 Å². The van der Waals surface area contributed by atoms with Gasteiger partial charge in [0, 0.05) is 22.3 Å². The van der Waals surface area contributed by atoms with Crippen molar-refractivity contribution >= 4 is 17.3 Å². The number of carbonyl (C=O) groups excluding carboxylic acids is 2. The molecule has 1 aromatic rings. The number of carbonyl (C=O) groups is 2. The Kier molecular flexibility index (Phi) is 2.59. The Morgan fingerprint density at radius 1 is 1.10 bits per heavy atom. The lowest BCUT2D eigenvalue weighted by Crippen LogP contribution is -2.31. The molecule has 1 unspecified atom stereocenters. The van der Waals surface area contributed by atoms with Crippen LogP contribution >= 0.6 is 0 Å². The second-order valence-corrected chi connectivity index (χ2v) is 4.55. The maximum Gasteiger partial charge on any atom is 0.194 e. The second-order valence-electron chi connectivity index (χ2n) is 4.55. The van der Waals surface area contributed by atoms with E-state index >= 15 is 0 Å². The number of hydrogen-bond donors (Lipinski definition) is 3. The number of allylic oxidation sites excluding steroid dienone is 1. The molecule has 0 saturated carbocycles. The van der Waals surface area contributed by atoms with Gasteiger partial charge < -0.3 is 15.3 Å². The molecule has 1 aromatic carbocycles. The van der Waals surface area contributed by atoms with Gasteiger partial charge in [0.25, 0.3) is 0 Å². The van der Waals surface area contributed by atoms with Gasteiger partial charge >= 0.3 is 0 Å².